The van der Waals surface area contributed by atoms with Gasteiger partial charge < -0.3 is 20.9 Å². The topological polar surface area (TPSA) is 81.7 Å². The summed E-state index contributed by atoms with van der Waals surface area (Å²) in [4.78, 5) is 24.5. The standard InChI is InChI=1S/C21H30N6OS/c1-4-22-20(24-14-19-15(2)25-16(3)29-19)23-13-17-8-7-9-18(12-17)26-21(28)27-10-5-6-11-27/h7-9,12H,4-6,10-11,13-14H2,1-3H3,(H,26,28)(H2,22,23,24). The molecule has 0 bridgehead atoms. The van der Waals surface area contributed by atoms with Crippen molar-refractivity contribution in [1.82, 2.24) is 20.5 Å². The molecule has 8 heteroatoms. The van der Waals surface area contributed by atoms with Gasteiger partial charge in [0.1, 0.15) is 0 Å². The van der Waals surface area contributed by atoms with Gasteiger partial charge in [-0.3, -0.25) is 0 Å². The van der Waals surface area contributed by atoms with E-state index in [9.17, 15) is 4.79 Å². The molecule has 2 amide bonds. The number of thiazole rings is 1. The molecule has 156 valence electrons. The van der Waals surface area contributed by atoms with Gasteiger partial charge in [-0.25, -0.2) is 14.8 Å². The lowest BCUT2D eigenvalue weighted by atomic mass is 10.2. The molecule has 3 rings (SSSR count). The van der Waals surface area contributed by atoms with Crippen molar-refractivity contribution in [2.45, 2.75) is 46.7 Å². The molecule has 0 atom stereocenters. The zero-order valence-electron chi connectivity index (χ0n) is 17.4. The number of hydrogen-bond acceptors (Lipinski definition) is 4. The van der Waals surface area contributed by atoms with Gasteiger partial charge in [-0.2, -0.15) is 0 Å². The van der Waals surface area contributed by atoms with Crippen LogP contribution in [0.5, 0.6) is 0 Å². The molecule has 1 aliphatic heterocycles. The Balaban J connectivity index is 1.59. The van der Waals surface area contributed by atoms with Crippen LogP contribution in [0.2, 0.25) is 0 Å². The molecule has 0 spiro atoms. The highest BCUT2D eigenvalue weighted by Gasteiger charge is 2.17. The fourth-order valence-electron chi connectivity index (χ4n) is 3.28. The summed E-state index contributed by atoms with van der Waals surface area (Å²) in [6.45, 7) is 9.81. The van der Waals surface area contributed by atoms with Gasteiger partial charge in [-0.05, 0) is 51.3 Å². The Morgan fingerprint density at radius 1 is 1.24 bits per heavy atom. The molecule has 1 aromatic heterocycles. The molecule has 29 heavy (non-hydrogen) atoms. The number of nitrogens with one attached hydrogen (secondary N) is 3. The second-order valence-electron chi connectivity index (χ2n) is 7.11. The van der Waals surface area contributed by atoms with Crippen molar-refractivity contribution in [1.29, 1.82) is 0 Å². The Bertz CT molecular complexity index is 857. The molecule has 3 N–H and O–H groups in total. The molecular formula is C21H30N6OS. The van der Waals surface area contributed by atoms with E-state index >= 15 is 0 Å². The van der Waals surface area contributed by atoms with E-state index in [1.54, 1.807) is 11.3 Å². The number of urea groups is 1. The quantitative estimate of drug-likeness (QED) is 0.498. The first-order valence-electron chi connectivity index (χ1n) is 10.1. The van der Waals surface area contributed by atoms with E-state index in [4.69, 9.17) is 0 Å². The molecule has 0 unspecified atom stereocenters. The Labute approximate surface area is 176 Å². The molecule has 1 aliphatic rings. The second-order valence-corrected chi connectivity index (χ2v) is 8.40. The number of carbonyl (C=O) groups excluding carboxylic acids is 1. The number of amides is 2. The van der Waals surface area contributed by atoms with Gasteiger partial charge in [0.15, 0.2) is 5.96 Å². The first kappa shape index (κ1) is 21.1. The van der Waals surface area contributed by atoms with Crippen LogP contribution in [0.3, 0.4) is 0 Å². The lowest BCUT2D eigenvalue weighted by Gasteiger charge is -2.16. The van der Waals surface area contributed by atoms with Crippen molar-refractivity contribution < 1.29 is 4.79 Å². The summed E-state index contributed by atoms with van der Waals surface area (Å²) in [5.41, 5.74) is 2.92. The highest BCUT2D eigenvalue weighted by molar-refractivity contribution is 7.11. The third-order valence-corrected chi connectivity index (χ3v) is 5.82. The fourth-order valence-corrected chi connectivity index (χ4v) is 4.16. The third kappa shape index (κ3) is 6.19. The van der Waals surface area contributed by atoms with Crippen molar-refractivity contribution in [3.8, 4) is 0 Å². The van der Waals surface area contributed by atoms with Gasteiger partial charge in [0, 0.05) is 30.2 Å². The zero-order chi connectivity index (χ0) is 20.6. The predicted molar refractivity (Wildman–Crippen MR) is 120 cm³/mol. The first-order valence-corrected chi connectivity index (χ1v) is 11.0. The first-order chi connectivity index (χ1) is 14.0. The van der Waals surface area contributed by atoms with Crippen LogP contribution in [0.1, 0.15) is 40.9 Å². The summed E-state index contributed by atoms with van der Waals surface area (Å²) in [5.74, 6) is 0.768. The number of likely N-dealkylation sites (tertiary alicyclic amines) is 1. The summed E-state index contributed by atoms with van der Waals surface area (Å²) in [5, 5.41) is 10.7. The minimum absolute atomic E-state index is 0.0200. The predicted octanol–water partition coefficient (Wildman–Crippen LogP) is 3.64. The molecule has 2 aromatic rings. The van der Waals surface area contributed by atoms with Gasteiger partial charge in [-0.1, -0.05) is 12.1 Å². The Hall–Kier alpha value is -2.61. The lowest BCUT2D eigenvalue weighted by molar-refractivity contribution is 0.222. The minimum atomic E-state index is -0.0200. The van der Waals surface area contributed by atoms with Gasteiger partial charge in [0.05, 0.1) is 23.8 Å². The van der Waals surface area contributed by atoms with Crippen LogP contribution < -0.4 is 16.0 Å². The average molecular weight is 415 g/mol. The van der Waals surface area contributed by atoms with Crippen LogP contribution in [-0.4, -0.2) is 41.5 Å². The molecule has 1 fully saturated rings. The van der Waals surface area contributed by atoms with E-state index in [0.29, 0.717) is 13.1 Å². The Morgan fingerprint density at radius 3 is 2.72 bits per heavy atom. The van der Waals surface area contributed by atoms with Crippen LogP contribution >= 0.6 is 11.3 Å². The smallest absolute Gasteiger partial charge is 0.321 e. The van der Waals surface area contributed by atoms with Gasteiger partial charge >= 0.3 is 6.03 Å². The van der Waals surface area contributed by atoms with Gasteiger partial charge in [0.25, 0.3) is 0 Å². The van der Waals surface area contributed by atoms with Crippen LogP contribution in [-0.2, 0) is 13.1 Å². The number of anilines is 1. The van der Waals surface area contributed by atoms with Crippen molar-refractivity contribution in [2.75, 3.05) is 25.0 Å². The molecule has 0 aliphatic carbocycles. The summed E-state index contributed by atoms with van der Waals surface area (Å²) in [6.07, 6.45) is 2.17. The van der Waals surface area contributed by atoms with Crippen LogP contribution in [0.25, 0.3) is 0 Å². The third-order valence-electron chi connectivity index (χ3n) is 4.75. The Morgan fingerprint density at radius 2 is 2.03 bits per heavy atom. The van der Waals surface area contributed by atoms with Crippen molar-refractivity contribution in [3.05, 3.63) is 45.4 Å². The monoisotopic (exact) mass is 414 g/mol. The average Bonchev–Trinajstić information content (AvgIpc) is 3.34. The number of rotatable bonds is 6. The van der Waals surface area contributed by atoms with Gasteiger partial charge in [-0.15, -0.1) is 11.3 Å². The van der Waals surface area contributed by atoms with E-state index in [-0.39, 0.29) is 6.03 Å². The van der Waals surface area contributed by atoms with Crippen molar-refractivity contribution in [2.24, 2.45) is 4.99 Å². The molecule has 2 heterocycles. The highest BCUT2D eigenvalue weighted by atomic mass is 32.1. The van der Waals surface area contributed by atoms with E-state index < -0.39 is 0 Å². The normalized spacial score (nSPS) is 14.2. The highest BCUT2D eigenvalue weighted by Crippen LogP contribution is 2.17. The van der Waals surface area contributed by atoms with Crippen molar-refractivity contribution in [3.63, 3.8) is 0 Å². The molecule has 1 saturated heterocycles. The number of guanidine groups is 1. The minimum Gasteiger partial charge on any atom is -0.357 e. The van der Waals surface area contributed by atoms with E-state index in [1.165, 1.54) is 4.88 Å². The molecule has 0 saturated carbocycles. The maximum Gasteiger partial charge on any atom is 0.321 e. The number of nitrogens with zero attached hydrogens (tertiary/aromatic N) is 3. The van der Waals surface area contributed by atoms with Gasteiger partial charge in [0.2, 0.25) is 0 Å². The molecule has 7 nitrogen and oxygen atoms in total. The van der Waals surface area contributed by atoms with E-state index in [0.717, 1.165) is 60.4 Å². The van der Waals surface area contributed by atoms with Crippen LogP contribution in [0, 0.1) is 13.8 Å². The summed E-state index contributed by atoms with van der Waals surface area (Å²) >= 11 is 1.71. The number of aryl methyl sites for hydroxylation is 2. The van der Waals surface area contributed by atoms with E-state index in [1.807, 2.05) is 49.9 Å². The number of carbonyl (C=O) groups is 1. The number of aliphatic imine (C=N–C) groups is 1. The fraction of sp³-hybridized carbons (Fsp3) is 0.476. The Kier molecular flexibility index (Phi) is 7.46. The maximum atomic E-state index is 12.3. The molecule has 0 radical (unpaired) electrons. The van der Waals surface area contributed by atoms with Crippen LogP contribution in [0.4, 0.5) is 10.5 Å². The summed E-state index contributed by atoms with van der Waals surface area (Å²) in [7, 11) is 0. The molecular weight excluding hydrogens is 384 g/mol. The number of aromatic nitrogens is 1. The molecule has 1 aromatic carbocycles. The number of hydrogen-bond donors (Lipinski definition) is 3. The summed E-state index contributed by atoms with van der Waals surface area (Å²) < 4.78 is 0. The van der Waals surface area contributed by atoms with Crippen molar-refractivity contribution >= 4 is 29.0 Å². The lowest BCUT2D eigenvalue weighted by Crippen LogP contribution is -2.36. The largest absolute Gasteiger partial charge is 0.357 e. The maximum absolute atomic E-state index is 12.3. The second kappa shape index (κ2) is 10.2. The number of benzene rings is 1. The zero-order valence-corrected chi connectivity index (χ0v) is 18.2. The SMILES string of the molecule is CCNC(=NCc1cccc(NC(=O)N2CCCC2)c1)NCc1sc(C)nc1C. The van der Waals surface area contributed by atoms with E-state index in [2.05, 4.69) is 25.9 Å². The van der Waals surface area contributed by atoms with Crippen LogP contribution in [0.15, 0.2) is 29.3 Å². The summed E-state index contributed by atoms with van der Waals surface area (Å²) in [6, 6.07) is 7.86.